The molecule has 0 aliphatic heterocycles. The molecule has 0 N–H and O–H groups in total. The van der Waals surface area contributed by atoms with E-state index < -0.39 is 0 Å². The first-order chi connectivity index (χ1) is 5.08. The van der Waals surface area contributed by atoms with E-state index in [9.17, 15) is 0 Å². The Kier molecular flexibility index (Phi) is 2.75. The van der Waals surface area contributed by atoms with Crippen molar-refractivity contribution in [2.75, 3.05) is 6.16 Å². The monoisotopic (exact) mass is 170 g/mol. The second-order valence-electron chi connectivity index (χ2n) is 4.20. The molecule has 0 spiro atoms. The molecule has 0 radical (unpaired) electrons. The molecule has 0 amide bonds. The van der Waals surface area contributed by atoms with Crippen molar-refractivity contribution in [2.45, 2.75) is 40.0 Å². The van der Waals surface area contributed by atoms with Crippen molar-refractivity contribution in [3.8, 4) is 0 Å². The van der Waals surface area contributed by atoms with E-state index in [4.69, 9.17) is 0 Å². The van der Waals surface area contributed by atoms with Crippen molar-refractivity contribution >= 4 is 9.24 Å². The molecule has 0 saturated carbocycles. The molecule has 0 saturated heterocycles. The lowest BCUT2D eigenvalue weighted by molar-refractivity contribution is 0.369. The first-order valence-corrected chi connectivity index (χ1v) is 5.29. The summed E-state index contributed by atoms with van der Waals surface area (Å²) in [6, 6.07) is 0. The molecule has 0 aromatic carbocycles. The highest BCUT2D eigenvalue weighted by molar-refractivity contribution is 7.16. The Morgan fingerprint density at radius 3 is 2.45 bits per heavy atom. The van der Waals surface area contributed by atoms with Gasteiger partial charge in [0.05, 0.1) is 0 Å². The molecule has 1 aliphatic rings. The summed E-state index contributed by atoms with van der Waals surface area (Å²) in [5, 5.41) is 0. The van der Waals surface area contributed by atoms with Crippen molar-refractivity contribution in [1.82, 2.24) is 0 Å². The Morgan fingerprint density at radius 1 is 1.45 bits per heavy atom. The SMILES string of the molecule is CC1=C(CP)C(C)(C)CCC1. The van der Waals surface area contributed by atoms with Gasteiger partial charge in [0.2, 0.25) is 0 Å². The van der Waals surface area contributed by atoms with Gasteiger partial charge in [0, 0.05) is 0 Å². The van der Waals surface area contributed by atoms with Gasteiger partial charge in [0.25, 0.3) is 0 Å². The van der Waals surface area contributed by atoms with Gasteiger partial charge in [0.1, 0.15) is 0 Å². The van der Waals surface area contributed by atoms with Crippen LogP contribution in [-0.2, 0) is 0 Å². The van der Waals surface area contributed by atoms with Gasteiger partial charge in [-0.1, -0.05) is 25.0 Å². The highest BCUT2D eigenvalue weighted by atomic mass is 31.0. The van der Waals surface area contributed by atoms with E-state index in [1.54, 1.807) is 11.1 Å². The predicted octanol–water partition coefficient (Wildman–Crippen LogP) is 3.39. The van der Waals surface area contributed by atoms with Gasteiger partial charge in [-0.2, -0.15) is 0 Å². The molecule has 0 aromatic heterocycles. The minimum absolute atomic E-state index is 0.476. The molecule has 64 valence electrons. The van der Waals surface area contributed by atoms with E-state index in [2.05, 4.69) is 30.0 Å². The molecule has 0 aromatic rings. The van der Waals surface area contributed by atoms with Crippen LogP contribution in [0.2, 0.25) is 0 Å². The molecular weight excluding hydrogens is 151 g/mol. The average molecular weight is 170 g/mol. The third kappa shape index (κ3) is 1.85. The Morgan fingerprint density at radius 2 is 2.09 bits per heavy atom. The third-order valence-electron chi connectivity index (χ3n) is 2.89. The average Bonchev–Trinajstić information content (AvgIpc) is 1.86. The van der Waals surface area contributed by atoms with Crippen LogP contribution in [-0.4, -0.2) is 6.16 Å². The molecule has 1 aliphatic carbocycles. The molecule has 1 atom stereocenters. The van der Waals surface area contributed by atoms with Gasteiger partial charge in [0.15, 0.2) is 0 Å². The fourth-order valence-electron chi connectivity index (χ4n) is 2.13. The van der Waals surface area contributed by atoms with Gasteiger partial charge < -0.3 is 0 Å². The highest BCUT2D eigenvalue weighted by Gasteiger charge is 2.26. The van der Waals surface area contributed by atoms with E-state index >= 15 is 0 Å². The number of rotatable bonds is 1. The summed E-state index contributed by atoms with van der Waals surface area (Å²) in [6.45, 7) is 7.03. The Balaban J connectivity index is 2.92. The van der Waals surface area contributed by atoms with Crippen LogP contribution >= 0.6 is 9.24 Å². The van der Waals surface area contributed by atoms with Crippen LogP contribution in [0.25, 0.3) is 0 Å². The lowest BCUT2D eigenvalue weighted by Crippen LogP contribution is -2.21. The van der Waals surface area contributed by atoms with E-state index in [1.165, 1.54) is 25.4 Å². The van der Waals surface area contributed by atoms with Crippen LogP contribution < -0.4 is 0 Å². The summed E-state index contributed by atoms with van der Waals surface area (Å²) in [4.78, 5) is 0. The second kappa shape index (κ2) is 3.27. The molecule has 1 unspecified atom stereocenters. The Labute approximate surface area is 72.7 Å². The first kappa shape index (κ1) is 9.26. The number of hydrogen-bond acceptors (Lipinski definition) is 0. The summed E-state index contributed by atoms with van der Waals surface area (Å²) >= 11 is 0. The van der Waals surface area contributed by atoms with Crippen molar-refractivity contribution < 1.29 is 0 Å². The van der Waals surface area contributed by atoms with Gasteiger partial charge in [-0.05, 0) is 37.8 Å². The topological polar surface area (TPSA) is 0 Å². The van der Waals surface area contributed by atoms with Crippen molar-refractivity contribution in [1.29, 1.82) is 0 Å². The second-order valence-corrected chi connectivity index (χ2v) is 4.61. The largest absolute Gasteiger partial charge is 0.133 e. The predicted molar refractivity (Wildman–Crippen MR) is 54.9 cm³/mol. The molecule has 0 bridgehead atoms. The minimum Gasteiger partial charge on any atom is -0.133 e. The quantitative estimate of drug-likeness (QED) is 0.418. The standard InChI is InChI=1S/C10H19P/c1-8-5-4-6-10(2,3)9(8)7-11/h4-7,11H2,1-3H3. The maximum atomic E-state index is 2.85. The smallest absolute Gasteiger partial charge is 0.0139 e. The zero-order valence-electron chi connectivity index (χ0n) is 7.91. The fourth-order valence-corrected chi connectivity index (χ4v) is 3.03. The van der Waals surface area contributed by atoms with Crippen LogP contribution in [0.4, 0.5) is 0 Å². The zero-order valence-corrected chi connectivity index (χ0v) is 9.06. The third-order valence-corrected chi connectivity index (χ3v) is 3.30. The summed E-state index contributed by atoms with van der Waals surface area (Å²) < 4.78 is 0. The van der Waals surface area contributed by atoms with Gasteiger partial charge in [-0.25, -0.2) is 0 Å². The molecule has 0 fully saturated rings. The van der Waals surface area contributed by atoms with Crippen LogP contribution in [0.5, 0.6) is 0 Å². The number of allylic oxidation sites excluding steroid dienone is 2. The molecule has 11 heavy (non-hydrogen) atoms. The maximum absolute atomic E-state index is 2.85. The first-order valence-electron chi connectivity index (χ1n) is 4.47. The summed E-state index contributed by atoms with van der Waals surface area (Å²) in [7, 11) is 2.85. The minimum atomic E-state index is 0.476. The molecule has 1 rings (SSSR count). The van der Waals surface area contributed by atoms with Crippen molar-refractivity contribution in [3.05, 3.63) is 11.1 Å². The van der Waals surface area contributed by atoms with Gasteiger partial charge in [-0.3, -0.25) is 0 Å². The molecule has 1 heteroatoms. The van der Waals surface area contributed by atoms with Crippen LogP contribution in [0.1, 0.15) is 40.0 Å². The van der Waals surface area contributed by atoms with Crippen molar-refractivity contribution in [3.63, 3.8) is 0 Å². The zero-order chi connectivity index (χ0) is 8.48. The van der Waals surface area contributed by atoms with Gasteiger partial charge >= 0.3 is 0 Å². The van der Waals surface area contributed by atoms with Crippen molar-refractivity contribution in [2.24, 2.45) is 5.41 Å². The lowest BCUT2D eigenvalue weighted by atomic mass is 9.73. The van der Waals surface area contributed by atoms with E-state index in [0.29, 0.717) is 5.41 Å². The van der Waals surface area contributed by atoms with Crippen LogP contribution in [0.15, 0.2) is 11.1 Å². The summed E-state index contributed by atoms with van der Waals surface area (Å²) in [5.74, 6) is 0. The fraction of sp³-hybridized carbons (Fsp3) is 0.800. The Bertz CT molecular complexity index is 177. The normalized spacial score (nSPS) is 24.0. The van der Waals surface area contributed by atoms with E-state index in [-0.39, 0.29) is 0 Å². The summed E-state index contributed by atoms with van der Waals surface area (Å²) in [5.41, 5.74) is 3.79. The summed E-state index contributed by atoms with van der Waals surface area (Å²) in [6.07, 6.45) is 5.24. The number of hydrogen-bond donors (Lipinski definition) is 0. The molecule has 0 heterocycles. The highest BCUT2D eigenvalue weighted by Crippen LogP contribution is 2.40. The van der Waals surface area contributed by atoms with E-state index in [0.717, 1.165) is 0 Å². The maximum Gasteiger partial charge on any atom is -0.0139 e. The van der Waals surface area contributed by atoms with Crippen LogP contribution in [0.3, 0.4) is 0 Å². The van der Waals surface area contributed by atoms with Crippen LogP contribution in [0, 0.1) is 5.41 Å². The van der Waals surface area contributed by atoms with E-state index in [1.807, 2.05) is 0 Å². The molecular formula is C10H19P. The molecule has 0 nitrogen and oxygen atoms in total. The lowest BCUT2D eigenvalue weighted by Gasteiger charge is -2.33. The van der Waals surface area contributed by atoms with Gasteiger partial charge in [-0.15, -0.1) is 9.24 Å². The Hall–Kier alpha value is 0.170.